The Balaban J connectivity index is 2.15. The van der Waals surface area contributed by atoms with Crippen LogP contribution < -0.4 is 5.73 Å². The van der Waals surface area contributed by atoms with Gasteiger partial charge in [0.05, 0.1) is 24.6 Å². The molecular weight excluding hydrogens is 168 g/mol. The van der Waals surface area contributed by atoms with E-state index in [1.165, 1.54) is 12.5 Å². The molecule has 6 nitrogen and oxygen atoms in total. The van der Waals surface area contributed by atoms with Gasteiger partial charge in [0.15, 0.2) is 0 Å². The van der Waals surface area contributed by atoms with E-state index in [4.69, 9.17) is 5.73 Å². The molecule has 0 radical (unpaired) electrons. The minimum atomic E-state index is 0.419. The molecular formula is C7H8N6. The zero-order valence-electron chi connectivity index (χ0n) is 6.83. The molecule has 2 rings (SSSR count). The summed E-state index contributed by atoms with van der Waals surface area (Å²) < 4.78 is 1.67. The van der Waals surface area contributed by atoms with Crippen molar-refractivity contribution in [3.8, 4) is 0 Å². The molecule has 0 saturated heterocycles. The summed E-state index contributed by atoms with van der Waals surface area (Å²) in [5, 5.41) is 3.94. The van der Waals surface area contributed by atoms with Crippen molar-refractivity contribution in [2.45, 2.75) is 6.54 Å². The largest absolute Gasteiger partial charge is 0.382 e. The summed E-state index contributed by atoms with van der Waals surface area (Å²) in [6.07, 6.45) is 6.24. The van der Waals surface area contributed by atoms with Gasteiger partial charge in [-0.05, 0) is 0 Å². The van der Waals surface area contributed by atoms with Crippen molar-refractivity contribution in [2.24, 2.45) is 0 Å². The lowest BCUT2D eigenvalue weighted by molar-refractivity contribution is 0.668. The van der Waals surface area contributed by atoms with Gasteiger partial charge in [-0.15, -0.1) is 0 Å². The molecule has 0 amide bonds. The average molecular weight is 176 g/mol. The molecule has 66 valence electrons. The zero-order valence-corrected chi connectivity index (χ0v) is 6.83. The summed E-state index contributed by atoms with van der Waals surface area (Å²) in [7, 11) is 0. The van der Waals surface area contributed by atoms with Crippen molar-refractivity contribution < 1.29 is 0 Å². The van der Waals surface area contributed by atoms with Crippen LogP contribution in [0.3, 0.4) is 0 Å². The fraction of sp³-hybridized carbons (Fsp3) is 0.143. The van der Waals surface area contributed by atoms with Gasteiger partial charge in [-0.25, -0.2) is 14.6 Å². The first kappa shape index (κ1) is 7.66. The van der Waals surface area contributed by atoms with E-state index in [9.17, 15) is 0 Å². The number of anilines is 1. The maximum atomic E-state index is 5.39. The Kier molecular flexibility index (Phi) is 1.87. The number of hydrogen-bond acceptors (Lipinski definition) is 5. The molecule has 0 atom stereocenters. The second kappa shape index (κ2) is 3.18. The van der Waals surface area contributed by atoms with E-state index in [0.717, 1.165) is 5.69 Å². The fourth-order valence-corrected chi connectivity index (χ4v) is 0.927. The quantitative estimate of drug-likeness (QED) is 0.679. The second-order valence-electron chi connectivity index (χ2n) is 2.53. The highest BCUT2D eigenvalue weighted by Gasteiger charge is 1.96. The molecule has 0 aliphatic rings. The molecule has 2 N–H and O–H groups in total. The second-order valence-corrected chi connectivity index (χ2v) is 2.53. The smallest absolute Gasteiger partial charge is 0.141 e. The molecule has 0 bridgehead atoms. The van der Waals surface area contributed by atoms with Crippen LogP contribution in [0.15, 0.2) is 25.0 Å². The number of rotatable bonds is 2. The minimum absolute atomic E-state index is 0.419. The lowest BCUT2D eigenvalue weighted by atomic mass is 10.4. The van der Waals surface area contributed by atoms with Gasteiger partial charge >= 0.3 is 0 Å². The predicted molar refractivity (Wildman–Crippen MR) is 45.6 cm³/mol. The molecule has 0 spiro atoms. The van der Waals surface area contributed by atoms with Crippen molar-refractivity contribution in [3.05, 3.63) is 30.7 Å². The SMILES string of the molecule is Nc1cnc(Cn2cncn2)cn1. The van der Waals surface area contributed by atoms with Crippen LogP contribution in [-0.4, -0.2) is 24.7 Å². The van der Waals surface area contributed by atoms with E-state index >= 15 is 0 Å². The van der Waals surface area contributed by atoms with Crippen LogP contribution in [0.4, 0.5) is 5.82 Å². The van der Waals surface area contributed by atoms with E-state index < -0.39 is 0 Å². The summed E-state index contributed by atoms with van der Waals surface area (Å²) >= 11 is 0. The number of aromatic nitrogens is 5. The summed E-state index contributed by atoms with van der Waals surface area (Å²) in [4.78, 5) is 11.8. The summed E-state index contributed by atoms with van der Waals surface area (Å²) in [5.41, 5.74) is 6.20. The Morgan fingerprint density at radius 2 is 2.23 bits per heavy atom. The molecule has 13 heavy (non-hydrogen) atoms. The third-order valence-electron chi connectivity index (χ3n) is 1.52. The Hall–Kier alpha value is -1.98. The number of nitrogens with two attached hydrogens (primary N) is 1. The topological polar surface area (TPSA) is 82.5 Å². The van der Waals surface area contributed by atoms with Crippen LogP contribution >= 0.6 is 0 Å². The highest BCUT2D eigenvalue weighted by atomic mass is 15.3. The third-order valence-corrected chi connectivity index (χ3v) is 1.52. The van der Waals surface area contributed by atoms with Gasteiger partial charge in [0.1, 0.15) is 18.5 Å². The van der Waals surface area contributed by atoms with E-state index in [2.05, 4.69) is 20.1 Å². The maximum Gasteiger partial charge on any atom is 0.141 e. The number of hydrogen-bond donors (Lipinski definition) is 1. The Bertz CT molecular complexity index is 364. The van der Waals surface area contributed by atoms with Crippen LogP contribution in [0.2, 0.25) is 0 Å². The average Bonchev–Trinajstić information content (AvgIpc) is 2.62. The molecule has 0 aliphatic heterocycles. The molecule has 0 saturated carbocycles. The normalized spacial score (nSPS) is 10.2. The Morgan fingerprint density at radius 3 is 2.85 bits per heavy atom. The summed E-state index contributed by atoms with van der Waals surface area (Å²) in [6.45, 7) is 0.563. The summed E-state index contributed by atoms with van der Waals surface area (Å²) in [5.74, 6) is 0.419. The van der Waals surface area contributed by atoms with Crippen LogP contribution in [0, 0.1) is 0 Å². The zero-order chi connectivity index (χ0) is 9.10. The summed E-state index contributed by atoms with van der Waals surface area (Å²) in [6, 6.07) is 0. The highest BCUT2D eigenvalue weighted by Crippen LogP contribution is 1.97. The molecule has 2 aromatic heterocycles. The first-order valence-corrected chi connectivity index (χ1v) is 3.73. The van der Waals surface area contributed by atoms with Crippen LogP contribution in [0.25, 0.3) is 0 Å². The van der Waals surface area contributed by atoms with Crippen LogP contribution in [-0.2, 0) is 6.54 Å². The van der Waals surface area contributed by atoms with Gasteiger partial charge in [0, 0.05) is 0 Å². The fourth-order valence-electron chi connectivity index (χ4n) is 0.927. The van der Waals surface area contributed by atoms with E-state index in [1.807, 2.05) is 0 Å². The van der Waals surface area contributed by atoms with Crippen LogP contribution in [0.1, 0.15) is 5.69 Å². The first-order valence-electron chi connectivity index (χ1n) is 3.73. The van der Waals surface area contributed by atoms with Crippen molar-refractivity contribution in [1.82, 2.24) is 24.7 Å². The van der Waals surface area contributed by atoms with Crippen molar-refractivity contribution >= 4 is 5.82 Å². The van der Waals surface area contributed by atoms with E-state index in [1.54, 1.807) is 17.2 Å². The van der Waals surface area contributed by atoms with Crippen molar-refractivity contribution in [3.63, 3.8) is 0 Å². The monoisotopic (exact) mass is 176 g/mol. The molecule has 0 unspecified atom stereocenters. The van der Waals surface area contributed by atoms with E-state index in [0.29, 0.717) is 12.4 Å². The number of nitrogen functional groups attached to an aromatic ring is 1. The molecule has 0 aromatic carbocycles. The van der Waals surface area contributed by atoms with Gasteiger partial charge in [0.2, 0.25) is 0 Å². The minimum Gasteiger partial charge on any atom is -0.382 e. The lowest BCUT2D eigenvalue weighted by Gasteiger charge is -1.99. The van der Waals surface area contributed by atoms with Gasteiger partial charge in [0.25, 0.3) is 0 Å². The molecule has 2 heterocycles. The van der Waals surface area contributed by atoms with Gasteiger partial charge in [-0.3, -0.25) is 4.98 Å². The maximum absolute atomic E-state index is 5.39. The van der Waals surface area contributed by atoms with Gasteiger partial charge < -0.3 is 5.73 Å². The van der Waals surface area contributed by atoms with E-state index in [-0.39, 0.29) is 0 Å². The van der Waals surface area contributed by atoms with Gasteiger partial charge in [-0.2, -0.15) is 5.10 Å². The molecule has 6 heteroatoms. The van der Waals surface area contributed by atoms with Gasteiger partial charge in [-0.1, -0.05) is 0 Å². The standard InChI is InChI=1S/C7H8N6/c8-7-2-10-6(1-11-7)3-13-5-9-4-12-13/h1-2,4-5H,3H2,(H2,8,11). The van der Waals surface area contributed by atoms with Crippen molar-refractivity contribution in [1.29, 1.82) is 0 Å². The molecule has 2 aromatic rings. The lowest BCUT2D eigenvalue weighted by Crippen LogP contribution is -2.03. The van der Waals surface area contributed by atoms with Crippen LogP contribution in [0.5, 0.6) is 0 Å². The predicted octanol–water partition coefficient (Wildman–Crippen LogP) is -0.301. The molecule has 0 fully saturated rings. The Labute approximate surface area is 74.5 Å². The van der Waals surface area contributed by atoms with Crippen molar-refractivity contribution in [2.75, 3.05) is 5.73 Å². The molecule has 0 aliphatic carbocycles. The number of nitrogens with zero attached hydrogens (tertiary/aromatic N) is 5. The highest BCUT2D eigenvalue weighted by molar-refractivity contribution is 5.22. The third kappa shape index (κ3) is 1.78. The first-order chi connectivity index (χ1) is 6.34. The Morgan fingerprint density at radius 1 is 1.31 bits per heavy atom.